The highest BCUT2D eigenvalue weighted by atomic mass is 16.5. The number of aliphatic hydroxyl groups is 1. The van der Waals surface area contributed by atoms with Gasteiger partial charge in [-0.15, -0.1) is 0 Å². The van der Waals surface area contributed by atoms with Crippen LogP contribution in [-0.4, -0.2) is 62.6 Å². The van der Waals surface area contributed by atoms with Crippen LogP contribution in [0.15, 0.2) is 18.2 Å². The zero-order valence-electron chi connectivity index (χ0n) is 12.8. The second-order valence-electron chi connectivity index (χ2n) is 5.74. The highest BCUT2D eigenvalue weighted by molar-refractivity contribution is 5.54. The number of hydrogen-bond acceptors (Lipinski definition) is 4. The van der Waals surface area contributed by atoms with Crippen molar-refractivity contribution in [2.24, 2.45) is 0 Å². The average molecular weight is 278 g/mol. The minimum atomic E-state index is -0.335. The summed E-state index contributed by atoms with van der Waals surface area (Å²) in [4.78, 5) is 4.42. The SMILES string of the molecule is Cc1ccc(C)c(N(C)CC(O)CN2CCOCC2)c1. The number of hydrogen-bond donors (Lipinski definition) is 1. The summed E-state index contributed by atoms with van der Waals surface area (Å²) in [5.74, 6) is 0. The van der Waals surface area contributed by atoms with E-state index in [4.69, 9.17) is 4.74 Å². The van der Waals surface area contributed by atoms with Crippen LogP contribution in [0.4, 0.5) is 5.69 Å². The van der Waals surface area contributed by atoms with Gasteiger partial charge in [0.15, 0.2) is 0 Å². The molecule has 0 saturated carbocycles. The van der Waals surface area contributed by atoms with Gasteiger partial charge in [0.1, 0.15) is 0 Å². The fourth-order valence-electron chi connectivity index (χ4n) is 2.68. The Labute approximate surface area is 122 Å². The number of morpholine rings is 1. The molecule has 1 heterocycles. The Hall–Kier alpha value is -1.10. The maximum absolute atomic E-state index is 10.3. The smallest absolute Gasteiger partial charge is 0.0841 e. The van der Waals surface area contributed by atoms with E-state index in [2.05, 4.69) is 41.8 Å². The molecule has 1 aliphatic rings. The van der Waals surface area contributed by atoms with E-state index in [0.29, 0.717) is 6.54 Å². The summed E-state index contributed by atoms with van der Waals surface area (Å²) in [6.45, 7) is 8.98. The molecule has 1 fully saturated rings. The van der Waals surface area contributed by atoms with Gasteiger partial charge in [0, 0.05) is 38.9 Å². The van der Waals surface area contributed by atoms with Crippen molar-refractivity contribution >= 4 is 5.69 Å². The first-order valence-corrected chi connectivity index (χ1v) is 7.33. The molecule has 0 amide bonds. The number of aryl methyl sites for hydroxylation is 2. The second kappa shape index (κ2) is 7.07. The highest BCUT2D eigenvalue weighted by Crippen LogP contribution is 2.20. The number of aliphatic hydroxyl groups excluding tert-OH is 1. The Morgan fingerprint density at radius 1 is 1.30 bits per heavy atom. The van der Waals surface area contributed by atoms with Crippen LogP contribution in [0.3, 0.4) is 0 Å². The lowest BCUT2D eigenvalue weighted by Crippen LogP contribution is -2.44. The normalized spacial score (nSPS) is 18.0. The summed E-state index contributed by atoms with van der Waals surface area (Å²) in [7, 11) is 2.05. The summed E-state index contributed by atoms with van der Waals surface area (Å²) < 4.78 is 5.33. The van der Waals surface area contributed by atoms with Gasteiger partial charge in [-0.2, -0.15) is 0 Å². The van der Waals surface area contributed by atoms with Gasteiger partial charge >= 0.3 is 0 Å². The van der Waals surface area contributed by atoms with Crippen LogP contribution < -0.4 is 4.90 Å². The van der Waals surface area contributed by atoms with E-state index in [1.165, 1.54) is 16.8 Å². The zero-order chi connectivity index (χ0) is 14.5. The van der Waals surface area contributed by atoms with Gasteiger partial charge < -0.3 is 14.7 Å². The monoisotopic (exact) mass is 278 g/mol. The molecule has 112 valence electrons. The van der Waals surface area contributed by atoms with Crippen molar-refractivity contribution in [3.8, 4) is 0 Å². The molecule has 4 heteroatoms. The number of ether oxygens (including phenoxy) is 1. The third-order valence-corrected chi connectivity index (χ3v) is 3.83. The van der Waals surface area contributed by atoms with Crippen molar-refractivity contribution in [1.82, 2.24) is 4.90 Å². The average Bonchev–Trinajstić information content (AvgIpc) is 2.42. The van der Waals surface area contributed by atoms with Crippen LogP contribution >= 0.6 is 0 Å². The lowest BCUT2D eigenvalue weighted by molar-refractivity contribution is 0.0162. The topological polar surface area (TPSA) is 35.9 Å². The Kier molecular flexibility index (Phi) is 5.40. The van der Waals surface area contributed by atoms with E-state index in [0.717, 1.165) is 32.8 Å². The van der Waals surface area contributed by atoms with Gasteiger partial charge in [-0.25, -0.2) is 0 Å². The van der Waals surface area contributed by atoms with Gasteiger partial charge in [-0.05, 0) is 31.0 Å². The molecular weight excluding hydrogens is 252 g/mol. The predicted octanol–water partition coefficient (Wildman–Crippen LogP) is 1.43. The molecule has 1 atom stereocenters. The van der Waals surface area contributed by atoms with Crippen LogP contribution in [0, 0.1) is 13.8 Å². The summed E-state index contributed by atoms with van der Waals surface area (Å²) in [6.07, 6.45) is -0.335. The third kappa shape index (κ3) is 4.20. The molecule has 1 N–H and O–H groups in total. The molecule has 1 aromatic carbocycles. The van der Waals surface area contributed by atoms with Gasteiger partial charge in [0.2, 0.25) is 0 Å². The van der Waals surface area contributed by atoms with E-state index in [1.807, 2.05) is 7.05 Å². The van der Waals surface area contributed by atoms with E-state index in [9.17, 15) is 5.11 Å². The largest absolute Gasteiger partial charge is 0.390 e. The predicted molar refractivity (Wildman–Crippen MR) is 82.5 cm³/mol. The Bertz CT molecular complexity index is 430. The van der Waals surface area contributed by atoms with E-state index in [-0.39, 0.29) is 6.10 Å². The molecule has 20 heavy (non-hydrogen) atoms. The molecule has 1 aromatic rings. The number of nitrogens with zero attached hydrogens (tertiary/aromatic N) is 2. The number of β-amino-alcohol motifs (C(OH)–C–C–N with tert-alkyl or cyclic N) is 1. The van der Waals surface area contributed by atoms with Crippen LogP contribution in [-0.2, 0) is 4.74 Å². The standard InChI is InChI=1S/C16H26N2O2/c1-13-4-5-14(2)16(10-13)17(3)11-15(19)12-18-6-8-20-9-7-18/h4-5,10,15,19H,6-9,11-12H2,1-3H3. The molecule has 1 saturated heterocycles. The van der Waals surface area contributed by atoms with E-state index < -0.39 is 0 Å². The zero-order valence-corrected chi connectivity index (χ0v) is 12.8. The molecule has 1 unspecified atom stereocenters. The van der Waals surface area contributed by atoms with Gasteiger partial charge in [0.05, 0.1) is 19.3 Å². The first kappa shape index (κ1) is 15.3. The molecular formula is C16H26N2O2. The molecule has 0 radical (unpaired) electrons. The highest BCUT2D eigenvalue weighted by Gasteiger charge is 2.17. The molecule has 0 aliphatic carbocycles. The van der Waals surface area contributed by atoms with Crippen molar-refractivity contribution < 1.29 is 9.84 Å². The molecule has 0 aromatic heterocycles. The Morgan fingerprint density at radius 3 is 2.70 bits per heavy atom. The number of anilines is 1. The fraction of sp³-hybridized carbons (Fsp3) is 0.625. The maximum atomic E-state index is 10.3. The minimum Gasteiger partial charge on any atom is -0.390 e. The van der Waals surface area contributed by atoms with Crippen molar-refractivity contribution in [3.05, 3.63) is 29.3 Å². The van der Waals surface area contributed by atoms with E-state index in [1.54, 1.807) is 0 Å². The molecule has 0 bridgehead atoms. The molecule has 0 spiro atoms. The maximum Gasteiger partial charge on any atom is 0.0841 e. The molecule has 1 aliphatic heterocycles. The van der Waals surface area contributed by atoms with Crippen LogP contribution in [0.2, 0.25) is 0 Å². The lowest BCUT2D eigenvalue weighted by atomic mass is 10.1. The van der Waals surface area contributed by atoms with Crippen LogP contribution in [0.1, 0.15) is 11.1 Å². The Morgan fingerprint density at radius 2 is 2.00 bits per heavy atom. The molecule has 2 rings (SSSR count). The lowest BCUT2D eigenvalue weighted by Gasteiger charge is -2.31. The van der Waals surface area contributed by atoms with Crippen molar-refractivity contribution in [2.45, 2.75) is 20.0 Å². The van der Waals surface area contributed by atoms with Gasteiger partial charge in [0.25, 0.3) is 0 Å². The first-order chi connectivity index (χ1) is 9.56. The first-order valence-electron chi connectivity index (χ1n) is 7.33. The van der Waals surface area contributed by atoms with E-state index >= 15 is 0 Å². The van der Waals surface area contributed by atoms with Gasteiger partial charge in [-0.3, -0.25) is 4.90 Å². The summed E-state index contributed by atoms with van der Waals surface area (Å²) in [5.41, 5.74) is 3.70. The quantitative estimate of drug-likeness (QED) is 0.884. The Balaban J connectivity index is 1.89. The van der Waals surface area contributed by atoms with Crippen LogP contribution in [0.5, 0.6) is 0 Å². The summed E-state index contributed by atoms with van der Waals surface area (Å²) in [6, 6.07) is 6.43. The van der Waals surface area contributed by atoms with Crippen molar-refractivity contribution in [3.63, 3.8) is 0 Å². The van der Waals surface area contributed by atoms with Crippen molar-refractivity contribution in [1.29, 1.82) is 0 Å². The second-order valence-corrected chi connectivity index (χ2v) is 5.74. The molecule has 4 nitrogen and oxygen atoms in total. The summed E-state index contributed by atoms with van der Waals surface area (Å²) in [5, 5.41) is 10.3. The van der Waals surface area contributed by atoms with Crippen LogP contribution in [0.25, 0.3) is 0 Å². The number of rotatable bonds is 5. The van der Waals surface area contributed by atoms with Gasteiger partial charge in [-0.1, -0.05) is 12.1 Å². The third-order valence-electron chi connectivity index (χ3n) is 3.83. The number of likely N-dealkylation sites (N-methyl/N-ethyl adjacent to an activating group) is 1. The number of benzene rings is 1. The fourth-order valence-corrected chi connectivity index (χ4v) is 2.68. The summed E-state index contributed by atoms with van der Waals surface area (Å²) >= 11 is 0. The van der Waals surface area contributed by atoms with Crippen molar-refractivity contribution in [2.75, 3.05) is 51.3 Å². The minimum absolute atomic E-state index is 0.335.